The number of anilines is 3. The highest BCUT2D eigenvalue weighted by Crippen LogP contribution is 2.20. The van der Waals surface area contributed by atoms with Gasteiger partial charge in [0.15, 0.2) is 0 Å². The molecule has 0 atom stereocenters. The van der Waals surface area contributed by atoms with Crippen molar-refractivity contribution in [2.24, 2.45) is 0 Å². The normalized spacial score (nSPS) is 9.95. The molecule has 7 heteroatoms. The maximum absolute atomic E-state index is 11.9. The Morgan fingerprint density at radius 1 is 1.05 bits per heavy atom. The van der Waals surface area contributed by atoms with E-state index in [0.717, 1.165) is 0 Å². The molecular weight excluding hydrogens is 294 g/mol. The summed E-state index contributed by atoms with van der Waals surface area (Å²) in [6, 6.07) is 10.1. The number of halogens is 1. The van der Waals surface area contributed by atoms with Crippen LogP contribution >= 0.6 is 11.6 Å². The van der Waals surface area contributed by atoms with Gasteiger partial charge in [-0.1, -0.05) is 11.6 Å². The van der Waals surface area contributed by atoms with Crippen molar-refractivity contribution in [3.05, 3.63) is 53.1 Å². The average Bonchev–Trinajstić information content (AvgIpc) is 2.41. The molecule has 21 heavy (non-hydrogen) atoms. The monoisotopic (exact) mass is 305 g/mol. The van der Waals surface area contributed by atoms with E-state index in [1.807, 2.05) is 0 Å². The molecule has 2 aromatic carbocycles. The second-order valence-corrected chi connectivity index (χ2v) is 4.63. The molecule has 0 aromatic heterocycles. The Morgan fingerprint density at radius 2 is 1.71 bits per heavy atom. The van der Waals surface area contributed by atoms with Crippen LogP contribution in [0.5, 0.6) is 0 Å². The van der Waals surface area contributed by atoms with E-state index in [1.54, 1.807) is 24.3 Å². The zero-order chi connectivity index (χ0) is 15.4. The van der Waals surface area contributed by atoms with Crippen LogP contribution in [0.15, 0.2) is 42.5 Å². The lowest BCUT2D eigenvalue weighted by atomic mass is 10.1. The van der Waals surface area contributed by atoms with E-state index >= 15 is 0 Å². The van der Waals surface area contributed by atoms with Gasteiger partial charge in [0.05, 0.1) is 11.3 Å². The van der Waals surface area contributed by atoms with Gasteiger partial charge in [0.2, 0.25) is 0 Å². The number of nitrogens with one attached hydrogen (secondary N) is 2. The molecule has 0 saturated heterocycles. The molecule has 6 nitrogen and oxygen atoms in total. The number of aromatic carboxylic acids is 1. The van der Waals surface area contributed by atoms with Crippen molar-refractivity contribution in [1.29, 1.82) is 0 Å². The van der Waals surface area contributed by atoms with Gasteiger partial charge in [-0.2, -0.15) is 0 Å². The second kappa shape index (κ2) is 6.15. The minimum atomic E-state index is -1.16. The number of hydrogen-bond donors (Lipinski definition) is 4. The highest BCUT2D eigenvalue weighted by Gasteiger charge is 2.12. The standard InChI is InChI=1S/C14H12ClN3O3/c15-8-1-4-10(5-2-8)17-14(21)18-12-7-9(16)3-6-11(12)13(19)20/h1-7H,16H2,(H,19,20)(H2,17,18,21). The Bertz CT molecular complexity index is 686. The third-order valence-corrected chi connectivity index (χ3v) is 2.88. The Kier molecular flexibility index (Phi) is 4.30. The molecule has 2 rings (SSSR count). The summed E-state index contributed by atoms with van der Waals surface area (Å²) in [5.41, 5.74) is 6.54. The molecule has 2 amide bonds. The quantitative estimate of drug-likeness (QED) is 0.653. The number of carboxylic acids is 1. The van der Waals surface area contributed by atoms with E-state index in [0.29, 0.717) is 16.4 Å². The Morgan fingerprint density at radius 3 is 2.33 bits per heavy atom. The first-order valence-electron chi connectivity index (χ1n) is 5.92. The van der Waals surface area contributed by atoms with Crippen LogP contribution in [0.2, 0.25) is 5.02 Å². The molecule has 0 saturated carbocycles. The third-order valence-electron chi connectivity index (χ3n) is 2.62. The number of nitrogen functional groups attached to an aromatic ring is 1. The van der Waals surface area contributed by atoms with E-state index in [4.69, 9.17) is 22.4 Å². The van der Waals surface area contributed by atoms with Crippen LogP contribution in [0.3, 0.4) is 0 Å². The summed E-state index contributed by atoms with van der Waals surface area (Å²) < 4.78 is 0. The number of urea groups is 1. The summed E-state index contributed by atoms with van der Waals surface area (Å²) in [6.07, 6.45) is 0. The molecule has 0 unspecified atom stereocenters. The molecule has 0 spiro atoms. The summed E-state index contributed by atoms with van der Waals surface area (Å²) in [6.45, 7) is 0. The first-order valence-corrected chi connectivity index (χ1v) is 6.30. The van der Waals surface area contributed by atoms with Crippen molar-refractivity contribution in [1.82, 2.24) is 0 Å². The van der Waals surface area contributed by atoms with Gasteiger partial charge in [-0.3, -0.25) is 0 Å². The maximum Gasteiger partial charge on any atom is 0.337 e. The summed E-state index contributed by atoms with van der Waals surface area (Å²) in [5, 5.41) is 14.6. The predicted octanol–water partition coefficient (Wildman–Crippen LogP) is 3.26. The highest BCUT2D eigenvalue weighted by atomic mass is 35.5. The number of rotatable bonds is 3. The van der Waals surface area contributed by atoms with Gasteiger partial charge in [-0.25, -0.2) is 9.59 Å². The van der Waals surface area contributed by atoms with Crippen LogP contribution in [0.4, 0.5) is 21.9 Å². The van der Waals surface area contributed by atoms with E-state index in [1.165, 1.54) is 18.2 Å². The zero-order valence-electron chi connectivity index (χ0n) is 10.8. The van der Waals surface area contributed by atoms with Crippen molar-refractivity contribution in [2.75, 3.05) is 16.4 Å². The number of hydrogen-bond acceptors (Lipinski definition) is 3. The Labute approximate surface area is 125 Å². The van der Waals surface area contributed by atoms with Crippen LogP contribution in [0.1, 0.15) is 10.4 Å². The van der Waals surface area contributed by atoms with Crippen molar-refractivity contribution in [2.45, 2.75) is 0 Å². The van der Waals surface area contributed by atoms with Crippen molar-refractivity contribution in [3.8, 4) is 0 Å². The topological polar surface area (TPSA) is 104 Å². The molecular formula is C14H12ClN3O3. The predicted molar refractivity (Wildman–Crippen MR) is 81.9 cm³/mol. The summed E-state index contributed by atoms with van der Waals surface area (Å²) >= 11 is 5.74. The SMILES string of the molecule is Nc1ccc(C(=O)O)c(NC(=O)Nc2ccc(Cl)cc2)c1. The largest absolute Gasteiger partial charge is 0.478 e. The third kappa shape index (κ3) is 3.87. The van der Waals surface area contributed by atoms with Gasteiger partial charge < -0.3 is 21.5 Å². The summed E-state index contributed by atoms with van der Waals surface area (Å²) in [5.74, 6) is -1.16. The average molecular weight is 306 g/mol. The Hall–Kier alpha value is -2.73. The maximum atomic E-state index is 11.9. The molecule has 0 aliphatic rings. The van der Waals surface area contributed by atoms with Gasteiger partial charge in [-0.15, -0.1) is 0 Å². The van der Waals surface area contributed by atoms with Crippen molar-refractivity contribution >= 4 is 40.7 Å². The minimum Gasteiger partial charge on any atom is -0.478 e. The number of carboxylic acid groups (broad SMARTS) is 1. The zero-order valence-corrected chi connectivity index (χ0v) is 11.5. The lowest BCUT2D eigenvalue weighted by Gasteiger charge is -2.10. The molecule has 5 N–H and O–H groups in total. The number of nitrogens with two attached hydrogens (primary N) is 1. The molecule has 0 fully saturated rings. The van der Waals surface area contributed by atoms with E-state index in [2.05, 4.69) is 10.6 Å². The number of carbonyl (C=O) groups excluding carboxylic acids is 1. The van der Waals surface area contributed by atoms with Gasteiger partial charge in [0.1, 0.15) is 0 Å². The molecule has 108 valence electrons. The molecule has 0 aliphatic carbocycles. The molecule has 0 bridgehead atoms. The lowest BCUT2D eigenvalue weighted by Crippen LogP contribution is -2.21. The van der Waals surface area contributed by atoms with Gasteiger partial charge in [0, 0.05) is 16.4 Å². The second-order valence-electron chi connectivity index (χ2n) is 4.20. The summed E-state index contributed by atoms with van der Waals surface area (Å²) in [7, 11) is 0. The number of benzene rings is 2. The fourth-order valence-electron chi connectivity index (χ4n) is 1.67. The fraction of sp³-hybridized carbons (Fsp3) is 0. The fourth-order valence-corrected chi connectivity index (χ4v) is 1.80. The van der Waals surface area contributed by atoms with E-state index in [-0.39, 0.29) is 11.3 Å². The minimum absolute atomic E-state index is 0.0459. The number of amides is 2. The highest BCUT2D eigenvalue weighted by molar-refractivity contribution is 6.30. The van der Waals surface area contributed by atoms with Crippen LogP contribution in [0, 0.1) is 0 Å². The number of carbonyl (C=O) groups is 2. The first-order chi connectivity index (χ1) is 9.95. The molecule has 0 radical (unpaired) electrons. The van der Waals surface area contributed by atoms with Gasteiger partial charge in [0.25, 0.3) is 0 Å². The van der Waals surface area contributed by atoms with Gasteiger partial charge >= 0.3 is 12.0 Å². The summed E-state index contributed by atoms with van der Waals surface area (Å²) in [4.78, 5) is 22.9. The van der Waals surface area contributed by atoms with Crippen LogP contribution < -0.4 is 16.4 Å². The van der Waals surface area contributed by atoms with E-state index < -0.39 is 12.0 Å². The molecule has 2 aromatic rings. The van der Waals surface area contributed by atoms with Crippen LogP contribution in [-0.4, -0.2) is 17.1 Å². The van der Waals surface area contributed by atoms with Crippen LogP contribution in [-0.2, 0) is 0 Å². The first kappa shape index (κ1) is 14.7. The molecule has 0 heterocycles. The van der Waals surface area contributed by atoms with Gasteiger partial charge in [-0.05, 0) is 42.5 Å². The van der Waals surface area contributed by atoms with Crippen molar-refractivity contribution < 1.29 is 14.7 Å². The van der Waals surface area contributed by atoms with Crippen LogP contribution in [0.25, 0.3) is 0 Å². The lowest BCUT2D eigenvalue weighted by molar-refractivity contribution is 0.0698. The smallest absolute Gasteiger partial charge is 0.337 e. The van der Waals surface area contributed by atoms with E-state index in [9.17, 15) is 9.59 Å². The van der Waals surface area contributed by atoms with Crippen molar-refractivity contribution in [3.63, 3.8) is 0 Å². The Balaban J connectivity index is 2.14. The molecule has 0 aliphatic heterocycles.